The fraction of sp³-hybridized carbons (Fsp3) is 0. The van der Waals surface area contributed by atoms with Crippen molar-refractivity contribution in [2.75, 3.05) is 0 Å². The number of nitrogens with zero attached hydrogens (tertiary/aromatic N) is 3. The lowest BCUT2D eigenvalue weighted by molar-refractivity contribution is 0.574. The normalized spacial score (nSPS) is 10.8. The maximum Gasteiger partial charge on any atom is 0.199 e. The molecule has 0 amide bonds. The number of hydrogen-bond acceptors (Lipinski definition) is 3. The molecule has 0 unspecified atom stereocenters. The molecule has 0 spiro atoms. The summed E-state index contributed by atoms with van der Waals surface area (Å²) in [5.41, 5.74) is 1.82. The summed E-state index contributed by atoms with van der Waals surface area (Å²) in [6.07, 6.45) is 1.63. The Labute approximate surface area is 138 Å². The van der Waals surface area contributed by atoms with Crippen LogP contribution in [-0.4, -0.2) is 14.8 Å². The van der Waals surface area contributed by atoms with Crippen molar-refractivity contribution >= 4 is 11.6 Å². The van der Waals surface area contributed by atoms with Crippen molar-refractivity contribution < 1.29 is 4.42 Å². The van der Waals surface area contributed by atoms with E-state index in [-0.39, 0.29) is 0 Å². The standard InChI is InChI=1S/C18H12ClN3O/c19-14-10-8-13(9-11-14)17-20-18(16-7-4-12-23-16)22(21-17)15-5-2-1-3-6-15/h1-12H. The molecular formula is C18H12ClN3O. The van der Waals surface area contributed by atoms with Crippen molar-refractivity contribution in [2.45, 2.75) is 0 Å². The van der Waals surface area contributed by atoms with E-state index in [1.54, 1.807) is 10.9 Å². The highest BCUT2D eigenvalue weighted by Gasteiger charge is 2.16. The van der Waals surface area contributed by atoms with E-state index in [9.17, 15) is 0 Å². The first-order chi connectivity index (χ1) is 11.3. The second-order valence-corrected chi connectivity index (χ2v) is 5.43. The van der Waals surface area contributed by atoms with Gasteiger partial charge in [-0.25, -0.2) is 9.67 Å². The van der Waals surface area contributed by atoms with Crippen molar-refractivity contribution in [2.24, 2.45) is 0 Å². The predicted octanol–water partition coefficient (Wildman–Crippen LogP) is 4.85. The van der Waals surface area contributed by atoms with Crippen molar-refractivity contribution in [1.82, 2.24) is 14.8 Å². The van der Waals surface area contributed by atoms with Crippen LogP contribution in [0, 0.1) is 0 Å². The number of furan rings is 1. The SMILES string of the molecule is Clc1ccc(-c2nc(-c3ccco3)n(-c3ccccc3)n2)cc1. The second kappa shape index (κ2) is 5.74. The van der Waals surface area contributed by atoms with Gasteiger partial charge in [-0.2, -0.15) is 0 Å². The molecule has 4 aromatic rings. The van der Waals surface area contributed by atoms with Gasteiger partial charge in [-0.15, -0.1) is 5.10 Å². The van der Waals surface area contributed by atoms with Gasteiger partial charge in [0.2, 0.25) is 0 Å². The Morgan fingerprint density at radius 3 is 2.35 bits per heavy atom. The van der Waals surface area contributed by atoms with Gasteiger partial charge >= 0.3 is 0 Å². The Bertz CT molecular complexity index is 913. The van der Waals surface area contributed by atoms with Gasteiger partial charge in [-0.05, 0) is 48.5 Å². The highest BCUT2D eigenvalue weighted by Crippen LogP contribution is 2.26. The molecule has 2 heterocycles. The molecule has 4 rings (SSSR count). The van der Waals surface area contributed by atoms with Crippen LogP contribution in [0.1, 0.15) is 0 Å². The summed E-state index contributed by atoms with van der Waals surface area (Å²) < 4.78 is 7.29. The molecule has 0 saturated heterocycles. The highest BCUT2D eigenvalue weighted by molar-refractivity contribution is 6.30. The summed E-state index contributed by atoms with van der Waals surface area (Å²) in [4.78, 5) is 4.64. The molecule has 2 aromatic carbocycles. The average Bonchev–Trinajstić information content (AvgIpc) is 3.26. The first-order valence-electron chi connectivity index (χ1n) is 7.13. The molecule has 5 heteroatoms. The summed E-state index contributed by atoms with van der Waals surface area (Å²) in [7, 11) is 0. The van der Waals surface area contributed by atoms with Gasteiger partial charge in [-0.1, -0.05) is 29.8 Å². The smallest absolute Gasteiger partial charge is 0.199 e. The van der Waals surface area contributed by atoms with Gasteiger partial charge in [-0.3, -0.25) is 0 Å². The van der Waals surface area contributed by atoms with Crippen LogP contribution in [-0.2, 0) is 0 Å². The number of hydrogen-bond donors (Lipinski definition) is 0. The summed E-state index contributed by atoms with van der Waals surface area (Å²) in [6, 6.07) is 21.0. The molecule has 0 saturated carbocycles. The summed E-state index contributed by atoms with van der Waals surface area (Å²) >= 11 is 5.95. The monoisotopic (exact) mass is 321 g/mol. The van der Waals surface area contributed by atoms with Crippen molar-refractivity contribution in [1.29, 1.82) is 0 Å². The van der Waals surface area contributed by atoms with Gasteiger partial charge in [0, 0.05) is 10.6 Å². The molecule has 0 aliphatic heterocycles. The number of halogens is 1. The number of para-hydroxylation sites is 1. The van der Waals surface area contributed by atoms with Crippen LogP contribution >= 0.6 is 11.6 Å². The molecule has 0 aliphatic rings. The third-order valence-corrected chi connectivity index (χ3v) is 3.70. The predicted molar refractivity (Wildman–Crippen MR) is 89.5 cm³/mol. The second-order valence-electron chi connectivity index (χ2n) is 4.99. The molecule has 0 aliphatic carbocycles. The average molecular weight is 322 g/mol. The first-order valence-corrected chi connectivity index (χ1v) is 7.51. The molecule has 0 N–H and O–H groups in total. The number of benzene rings is 2. The van der Waals surface area contributed by atoms with Crippen LogP contribution in [0.15, 0.2) is 77.4 Å². The zero-order valence-corrected chi connectivity index (χ0v) is 12.8. The van der Waals surface area contributed by atoms with Crippen LogP contribution < -0.4 is 0 Å². The Hall–Kier alpha value is -2.85. The molecular weight excluding hydrogens is 310 g/mol. The molecule has 0 atom stereocenters. The van der Waals surface area contributed by atoms with E-state index in [4.69, 9.17) is 16.0 Å². The van der Waals surface area contributed by atoms with E-state index in [1.807, 2.05) is 66.7 Å². The van der Waals surface area contributed by atoms with Gasteiger partial charge in [0.1, 0.15) is 0 Å². The maximum atomic E-state index is 5.95. The van der Waals surface area contributed by atoms with Crippen LogP contribution in [0.25, 0.3) is 28.7 Å². The Morgan fingerprint density at radius 2 is 1.65 bits per heavy atom. The molecule has 0 fully saturated rings. The fourth-order valence-electron chi connectivity index (χ4n) is 2.35. The van der Waals surface area contributed by atoms with E-state index in [1.165, 1.54) is 0 Å². The maximum absolute atomic E-state index is 5.95. The molecule has 23 heavy (non-hydrogen) atoms. The summed E-state index contributed by atoms with van der Waals surface area (Å²) in [5, 5.41) is 5.32. The highest BCUT2D eigenvalue weighted by atomic mass is 35.5. The molecule has 112 valence electrons. The zero-order chi connectivity index (χ0) is 15.6. The van der Waals surface area contributed by atoms with Gasteiger partial charge < -0.3 is 4.42 Å². The first kappa shape index (κ1) is 13.8. The minimum absolute atomic E-state index is 0.622. The fourth-order valence-corrected chi connectivity index (χ4v) is 2.47. The summed E-state index contributed by atoms with van der Waals surface area (Å²) in [5.74, 6) is 1.95. The third kappa shape index (κ3) is 2.64. The Morgan fingerprint density at radius 1 is 0.870 bits per heavy atom. The molecule has 0 bridgehead atoms. The van der Waals surface area contributed by atoms with Crippen molar-refractivity contribution in [3.05, 3.63) is 78.0 Å². The summed E-state index contributed by atoms with van der Waals surface area (Å²) in [6.45, 7) is 0. The van der Waals surface area contributed by atoms with E-state index < -0.39 is 0 Å². The molecule has 0 radical (unpaired) electrons. The lowest BCUT2D eigenvalue weighted by Crippen LogP contribution is -1.98. The topological polar surface area (TPSA) is 43.9 Å². The lowest BCUT2D eigenvalue weighted by Gasteiger charge is -2.03. The van der Waals surface area contributed by atoms with Crippen LogP contribution in [0.3, 0.4) is 0 Å². The van der Waals surface area contributed by atoms with Crippen molar-refractivity contribution in [3.63, 3.8) is 0 Å². The quantitative estimate of drug-likeness (QED) is 0.542. The molecule has 2 aromatic heterocycles. The minimum atomic E-state index is 0.622. The number of rotatable bonds is 3. The van der Waals surface area contributed by atoms with Crippen LogP contribution in [0.4, 0.5) is 0 Å². The number of aromatic nitrogens is 3. The van der Waals surface area contributed by atoms with Crippen LogP contribution in [0.2, 0.25) is 5.02 Å². The zero-order valence-electron chi connectivity index (χ0n) is 12.1. The van der Waals surface area contributed by atoms with Crippen LogP contribution in [0.5, 0.6) is 0 Å². The largest absolute Gasteiger partial charge is 0.461 e. The molecule has 4 nitrogen and oxygen atoms in total. The van der Waals surface area contributed by atoms with Gasteiger partial charge in [0.15, 0.2) is 17.4 Å². The Kier molecular flexibility index (Phi) is 3.44. The van der Waals surface area contributed by atoms with Gasteiger partial charge in [0.25, 0.3) is 0 Å². The van der Waals surface area contributed by atoms with E-state index in [2.05, 4.69) is 10.1 Å². The third-order valence-electron chi connectivity index (χ3n) is 3.45. The lowest BCUT2D eigenvalue weighted by atomic mass is 10.2. The Balaban J connectivity index is 1.89. The van der Waals surface area contributed by atoms with E-state index in [0.717, 1.165) is 11.3 Å². The van der Waals surface area contributed by atoms with E-state index >= 15 is 0 Å². The van der Waals surface area contributed by atoms with E-state index in [0.29, 0.717) is 22.4 Å². The van der Waals surface area contributed by atoms with Gasteiger partial charge in [0.05, 0.1) is 12.0 Å². The minimum Gasteiger partial charge on any atom is -0.461 e. The van der Waals surface area contributed by atoms with Crippen molar-refractivity contribution in [3.8, 4) is 28.7 Å².